The summed E-state index contributed by atoms with van der Waals surface area (Å²) in [7, 11) is 3.11. The molecule has 2 aromatic rings. The van der Waals surface area contributed by atoms with E-state index in [2.05, 4.69) is 24.8 Å². The van der Waals surface area contributed by atoms with Gasteiger partial charge in [-0.1, -0.05) is 13.8 Å². The van der Waals surface area contributed by atoms with Crippen molar-refractivity contribution in [1.29, 1.82) is 5.26 Å². The molecule has 0 amide bonds. The summed E-state index contributed by atoms with van der Waals surface area (Å²) < 4.78 is 18.5. The van der Waals surface area contributed by atoms with Crippen LogP contribution in [0.5, 0.6) is 17.2 Å². The molecule has 2 heterocycles. The molecule has 1 aliphatic rings. The SMILES string of the molecule is CCN(CC)CCCn1c(C)cc2c(c1=O)[C@H](c1cc(OC)ccc1OC)C(C#N)=C(N)O2. The van der Waals surface area contributed by atoms with Crippen LogP contribution in [0, 0.1) is 18.3 Å². The topological polar surface area (TPSA) is 103 Å². The lowest BCUT2D eigenvalue weighted by molar-refractivity contribution is 0.292. The van der Waals surface area contributed by atoms with Gasteiger partial charge in [-0.05, 0) is 51.2 Å². The molecule has 1 atom stereocenters. The van der Waals surface area contributed by atoms with Crippen LogP contribution in [0.1, 0.15) is 43.0 Å². The van der Waals surface area contributed by atoms with Crippen molar-refractivity contribution in [2.24, 2.45) is 5.73 Å². The molecule has 1 aliphatic heterocycles. The number of benzene rings is 1. The maximum Gasteiger partial charge on any atom is 0.258 e. The molecule has 33 heavy (non-hydrogen) atoms. The average Bonchev–Trinajstić information content (AvgIpc) is 2.82. The van der Waals surface area contributed by atoms with Gasteiger partial charge in [0.25, 0.3) is 5.56 Å². The Balaban J connectivity index is 2.16. The molecule has 0 aliphatic carbocycles. The molecule has 3 rings (SSSR count). The average molecular weight is 453 g/mol. The van der Waals surface area contributed by atoms with E-state index in [1.807, 2.05) is 13.0 Å². The Kier molecular flexibility index (Phi) is 7.67. The second-order valence-electron chi connectivity index (χ2n) is 7.93. The van der Waals surface area contributed by atoms with E-state index in [0.29, 0.717) is 34.9 Å². The van der Waals surface area contributed by atoms with E-state index in [9.17, 15) is 10.1 Å². The van der Waals surface area contributed by atoms with Crippen molar-refractivity contribution in [3.8, 4) is 23.3 Å². The molecule has 0 saturated carbocycles. The van der Waals surface area contributed by atoms with Crippen LogP contribution in [0.15, 0.2) is 40.5 Å². The largest absolute Gasteiger partial charge is 0.497 e. The number of rotatable bonds is 9. The molecule has 0 spiro atoms. The Morgan fingerprint density at radius 2 is 1.94 bits per heavy atom. The van der Waals surface area contributed by atoms with Crippen LogP contribution in [-0.4, -0.2) is 43.3 Å². The monoisotopic (exact) mass is 452 g/mol. The van der Waals surface area contributed by atoms with Gasteiger partial charge >= 0.3 is 0 Å². The molecule has 0 unspecified atom stereocenters. The molecule has 176 valence electrons. The molecule has 8 nitrogen and oxygen atoms in total. The number of hydrogen-bond acceptors (Lipinski definition) is 7. The smallest absolute Gasteiger partial charge is 0.258 e. The predicted molar refractivity (Wildman–Crippen MR) is 127 cm³/mol. The first-order chi connectivity index (χ1) is 15.9. The molecule has 0 fully saturated rings. The van der Waals surface area contributed by atoms with Gasteiger partial charge < -0.3 is 29.4 Å². The van der Waals surface area contributed by atoms with Crippen LogP contribution in [0.25, 0.3) is 0 Å². The highest BCUT2D eigenvalue weighted by Crippen LogP contribution is 2.44. The van der Waals surface area contributed by atoms with E-state index in [0.717, 1.165) is 31.7 Å². The molecule has 1 aromatic carbocycles. The summed E-state index contributed by atoms with van der Waals surface area (Å²) in [6.45, 7) is 9.54. The van der Waals surface area contributed by atoms with Gasteiger partial charge in [0.15, 0.2) is 0 Å². The zero-order chi connectivity index (χ0) is 24.1. The highest BCUT2D eigenvalue weighted by atomic mass is 16.5. The summed E-state index contributed by atoms with van der Waals surface area (Å²) in [5, 5.41) is 9.93. The number of nitrogens with two attached hydrogens (primary N) is 1. The lowest BCUT2D eigenvalue weighted by Crippen LogP contribution is -2.34. The maximum atomic E-state index is 13.8. The fraction of sp³-hybridized carbons (Fsp3) is 0.440. The van der Waals surface area contributed by atoms with Gasteiger partial charge in [0, 0.05) is 23.9 Å². The third kappa shape index (κ3) is 4.69. The van der Waals surface area contributed by atoms with E-state index in [4.69, 9.17) is 19.9 Å². The quantitative estimate of drug-likeness (QED) is 0.623. The number of allylic oxidation sites excluding steroid dienone is 1. The molecule has 8 heteroatoms. The van der Waals surface area contributed by atoms with Gasteiger partial charge in [-0.15, -0.1) is 0 Å². The van der Waals surface area contributed by atoms with Gasteiger partial charge in [-0.3, -0.25) is 4.79 Å². The molecule has 1 aromatic heterocycles. The van der Waals surface area contributed by atoms with Crippen molar-refractivity contribution >= 4 is 0 Å². The van der Waals surface area contributed by atoms with Gasteiger partial charge in [-0.2, -0.15) is 5.26 Å². The summed E-state index contributed by atoms with van der Waals surface area (Å²) >= 11 is 0. The first kappa shape index (κ1) is 24.2. The minimum atomic E-state index is -0.731. The lowest BCUT2D eigenvalue weighted by Gasteiger charge is -2.28. The number of hydrogen-bond donors (Lipinski definition) is 1. The van der Waals surface area contributed by atoms with Crippen LogP contribution in [0.4, 0.5) is 0 Å². The lowest BCUT2D eigenvalue weighted by atomic mass is 9.83. The molecule has 0 bridgehead atoms. The summed E-state index contributed by atoms with van der Waals surface area (Å²) in [4.78, 5) is 16.1. The molecule has 0 saturated heterocycles. The molecule has 2 N–H and O–H groups in total. The number of ether oxygens (including phenoxy) is 3. The maximum absolute atomic E-state index is 13.8. The van der Waals surface area contributed by atoms with E-state index < -0.39 is 5.92 Å². The second-order valence-corrected chi connectivity index (χ2v) is 7.93. The van der Waals surface area contributed by atoms with Crippen molar-refractivity contribution in [1.82, 2.24) is 9.47 Å². The zero-order valence-corrected chi connectivity index (χ0v) is 20.0. The van der Waals surface area contributed by atoms with Crippen molar-refractivity contribution < 1.29 is 14.2 Å². The number of nitriles is 1. The highest BCUT2D eigenvalue weighted by Gasteiger charge is 2.36. The number of fused-ring (bicyclic) bond motifs is 1. The molecule has 0 radical (unpaired) electrons. The minimum absolute atomic E-state index is 0.0158. The van der Waals surface area contributed by atoms with Gasteiger partial charge in [0.1, 0.15) is 28.9 Å². The van der Waals surface area contributed by atoms with E-state index >= 15 is 0 Å². The number of aryl methyl sites for hydroxylation is 1. The van der Waals surface area contributed by atoms with Crippen molar-refractivity contribution in [2.45, 2.75) is 39.7 Å². The fourth-order valence-corrected chi connectivity index (χ4v) is 4.33. The first-order valence-corrected chi connectivity index (χ1v) is 11.2. The Hall–Kier alpha value is -3.44. The van der Waals surface area contributed by atoms with Crippen LogP contribution < -0.4 is 25.5 Å². The van der Waals surface area contributed by atoms with Crippen LogP contribution >= 0.6 is 0 Å². The number of nitrogens with zero attached hydrogens (tertiary/aromatic N) is 3. The van der Waals surface area contributed by atoms with E-state index in [1.165, 1.54) is 0 Å². The standard InChI is InChI=1S/C25H32N4O4/c1-6-28(7-2)11-8-12-29-16(3)13-21-23(25(29)30)22(19(15-26)24(27)33-21)18-14-17(31-4)9-10-20(18)32-5/h9-10,13-14,22H,6-8,11-12,27H2,1-5H3/t22-/m1/s1. The van der Waals surface area contributed by atoms with Crippen molar-refractivity contribution in [2.75, 3.05) is 33.9 Å². The fourth-order valence-electron chi connectivity index (χ4n) is 4.33. The normalized spacial score (nSPS) is 15.1. The summed E-state index contributed by atoms with van der Waals surface area (Å²) in [5.74, 6) is 0.733. The summed E-state index contributed by atoms with van der Waals surface area (Å²) in [6, 6.07) is 9.25. The Labute approximate surface area is 194 Å². The Bertz CT molecular complexity index is 1140. The third-order valence-corrected chi connectivity index (χ3v) is 6.19. The van der Waals surface area contributed by atoms with Crippen LogP contribution in [0.2, 0.25) is 0 Å². The van der Waals surface area contributed by atoms with Crippen LogP contribution in [-0.2, 0) is 6.54 Å². The van der Waals surface area contributed by atoms with Crippen molar-refractivity contribution in [3.05, 3.63) is 62.9 Å². The Morgan fingerprint density at radius 3 is 2.55 bits per heavy atom. The van der Waals surface area contributed by atoms with Gasteiger partial charge in [0.2, 0.25) is 5.88 Å². The predicted octanol–water partition coefficient (Wildman–Crippen LogP) is 3.12. The van der Waals surface area contributed by atoms with E-state index in [1.54, 1.807) is 37.0 Å². The minimum Gasteiger partial charge on any atom is -0.497 e. The zero-order valence-electron chi connectivity index (χ0n) is 20.0. The third-order valence-electron chi connectivity index (χ3n) is 6.19. The number of pyridine rings is 1. The van der Waals surface area contributed by atoms with Gasteiger partial charge in [-0.25, -0.2) is 0 Å². The first-order valence-electron chi connectivity index (χ1n) is 11.2. The Morgan fingerprint density at radius 1 is 1.21 bits per heavy atom. The van der Waals surface area contributed by atoms with Gasteiger partial charge in [0.05, 0.1) is 25.7 Å². The second kappa shape index (κ2) is 10.5. The summed E-state index contributed by atoms with van der Waals surface area (Å²) in [6.07, 6.45) is 0.832. The number of aromatic nitrogens is 1. The molecular weight excluding hydrogens is 420 g/mol. The molecular formula is C25H32N4O4. The number of methoxy groups -OCH3 is 2. The summed E-state index contributed by atoms with van der Waals surface area (Å²) in [5.41, 5.74) is 7.88. The highest BCUT2D eigenvalue weighted by molar-refractivity contribution is 5.59. The van der Waals surface area contributed by atoms with Crippen LogP contribution in [0.3, 0.4) is 0 Å². The van der Waals surface area contributed by atoms with E-state index in [-0.39, 0.29) is 17.0 Å². The van der Waals surface area contributed by atoms with Crippen molar-refractivity contribution in [3.63, 3.8) is 0 Å².